The first kappa shape index (κ1) is 22.1. The third-order valence-corrected chi connectivity index (χ3v) is 8.20. The summed E-state index contributed by atoms with van der Waals surface area (Å²) in [6.07, 6.45) is 6.33. The number of carbonyl (C=O) groups excluding carboxylic acids is 1. The highest BCUT2D eigenvalue weighted by molar-refractivity contribution is 7.17. The van der Waals surface area contributed by atoms with Crippen molar-refractivity contribution >= 4 is 33.4 Å². The minimum atomic E-state index is -0.110. The Labute approximate surface area is 198 Å². The van der Waals surface area contributed by atoms with Crippen LogP contribution < -0.4 is 15.8 Å². The van der Waals surface area contributed by atoms with Crippen LogP contribution in [0.15, 0.2) is 34.4 Å². The number of benzene rings is 1. The Bertz CT molecular complexity index is 1190. The zero-order valence-electron chi connectivity index (χ0n) is 19.4. The number of rotatable bonds is 4. The number of aryl methyl sites for hydroxylation is 1. The second-order valence-corrected chi connectivity index (χ2v) is 10.7. The summed E-state index contributed by atoms with van der Waals surface area (Å²) >= 11 is 1.43. The van der Waals surface area contributed by atoms with Gasteiger partial charge in [0.15, 0.2) is 0 Å². The van der Waals surface area contributed by atoms with Crippen molar-refractivity contribution in [2.45, 2.75) is 58.4 Å². The van der Waals surface area contributed by atoms with Crippen LogP contribution in [0.5, 0.6) is 0 Å². The van der Waals surface area contributed by atoms with Crippen molar-refractivity contribution in [3.8, 4) is 11.1 Å². The molecule has 7 heteroatoms. The Morgan fingerprint density at radius 3 is 2.67 bits per heavy atom. The molecule has 0 bridgehead atoms. The molecule has 0 spiro atoms. The molecule has 2 aliphatic rings. The van der Waals surface area contributed by atoms with Crippen LogP contribution in [0, 0.1) is 18.8 Å². The molecular weight excluding hydrogens is 432 g/mol. The predicted molar refractivity (Wildman–Crippen MR) is 135 cm³/mol. The van der Waals surface area contributed by atoms with Gasteiger partial charge in [-0.05, 0) is 56.9 Å². The quantitative estimate of drug-likeness (QED) is 0.577. The van der Waals surface area contributed by atoms with Crippen molar-refractivity contribution in [3.63, 3.8) is 0 Å². The van der Waals surface area contributed by atoms with Crippen molar-refractivity contribution in [1.82, 2.24) is 15.3 Å². The molecule has 5 rings (SSSR count). The summed E-state index contributed by atoms with van der Waals surface area (Å²) in [7, 11) is 0. The molecule has 2 aromatic heterocycles. The molecule has 1 aromatic carbocycles. The van der Waals surface area contributed by atoms with Crippen molar-refractivity contribution < 1.29 is 4.79 Å². The molecule has 0 radical (unpaired) electrons. The second-order valence-electron chi connectivity index (χ2n) is 9.83. The smallest absolute Gasteiger partial charge is 0.270 e. The minimum Gasteiger partial charge on any atom is -0.353 e. The summed E-state index contributed by atoms with van der Waals surface area (Å²) in [6.45, 7) is 5.74. The lowest BCUT2D eigenvalue weighted by atomic mass is 9.87. The van der Waals surface area contributed by atoms with E-state index in [0.29, 0.717) is 23.2 Å². The van der Waals surface area contributed by atoms with Gasteiger partial charge in [-0.1, -0.05) is 36.8 Å². The van der Waals surface area contributed by atoms with E-state index >= 15 is 0 Å². The number of nitrogens with zero attached hydrogens (tertiary/aromatic N) is 2. The number of thiophene rings is 1. The average Bonchev–Trinajstić information content (AvgIpc) is 3.26. The predicted octanol–water partition coefficient (Wildman–Crippen LogP) is 4.87. The number of amides is 1. The SMILES string of the molecule is Cc1ccc(-c2csc3c(=O)[nH]c(N4CCC[C@@H](C(=O)NC5CCC(C)CC5)C4)nc23)cc1. The second kappa shape index (κ2) is 9.29. The number of hydrogen-bond donors (Lipinski definition) is 2. The van der Waals surface area contributed by atoms with Gasteiger partial charge in [-0.2, -0.15) is 0 Å². The summed E-state index contributed by atoms with van der Waals surface area (Å²) in [5.41, 5.74) is 3.88. The van der Waals surface area contributed by atoms with E-state index in [9.17, 15) is 9.59 Å². The number of hydrogen-bond acceptors (Lipinski definition) is 5. The van der Waals surface area contributed by atoms with Crippen molar-refractivity contribution in [1.29, 1.82) is 0 Å². The summed E-state index contributed by atoms with van der Waals surface area (Å²) in [5, 5.41) is 5.31. The third kappa shape index (κ3) is 4.69. The molecule has 1 aliphatic heterocycles. The molecule has 3 heterocycles. The molecule has 1 saturated carbocycles. The summed E-state index contributed by atoms with van der Waals surface area (Å²) in [4.78, 5) is 35.8. The van der Waals surface area contributed by atoms with E-state index in [2.05, 4.69) is 53.3 Å². The number of nitrogens with one attached hydrogen (secondary N) is 2. The van der Waals surface area contributed by atoms with Gasteiger partial charge in [0.1, 0.15) is 4.70 Å². The van der Waals surface area contributed by atoms with Crippen LogP contribution in [0.2, 0.25) is 0 Å². The van der Waals surface area contributed by atoms with E-state index in [-0.39, 0.29) is 17.4 Å². The Hall–Kier alpha value is -2.67. The molecule has 0 unspecified atom stereocenters. The monoisotopic (exact) mass is 464 g/mol. The first-order chi connectivity index (χ1) is 16.0. The van der Waals surface area contributed by atoms with Crippen molar-refractivity contribution in [2.75, 3.05) is 18.0 Å². The number of aromatic nitrogens is 2. The highest BCUT2D eigenvalue weighted by Crippen LogP contribution is 2.32. The van der Waals surface area contributed by atoms with Crippen LogP contribution >= 0.6 is 11.3 Å². The van der Waals surface area contributed by atoms with Crippen LogP contribution in [0.25, 0.3) is 21.3 Å². The maximum atomic E-state index is 13.0. The fourth-order valence-electron chi connectivity index (χ4n) is 5.11. The van der Waals surface area contributed by atoms with Crippen LogP contribution in [0.1, 0.15) is 51.0 Å². The standard InChI is InChI=1S/C26H32N4O2S/c1-16-5-9-18(10-6-16)21-15-33-23-22(21)28-26(29-25(23)32)30-13-3-4-19(14-30)24(31)27-20-11-7-17(2)8-12-20/h5-6,9-10,15,17,19-20H,3-4,7-8,11-14H2,1-2H3,(H,27,31)(H,28,29,32)/t17?,19-,20?/m1/s1. The van der Waals surface area contributed by atoms with Gasteiger partial charge >= 0.3 is 0 Å². The molecular formula is C26H32N4O2S. The zero-order valence-corrected chi connectivity index (χ0v) is 20.2. The Morgan fingerprint density at radius 2 is 1.91 bits per heavy atom. The van der Waals surface area contributed by atoms with Gasteiger partial charge in [-0.25, -0.2) is 4.98 Å². The highest BCUT2D eigenvalue weighted by Gasteiger charge is 2.29. The molecule has 3 aromatic rings. The summed E-state index contributed by atoms with van der Waals surface area (Å²) < 4.78 is 0.646. The molecule has 2 N–H and O–H groups in total. The Kier molecular flexibility index (Phi) is 6.23. The average molecular weight is 465 g/mol. The molecule has 2 fully saturated rings. The van der Waals surface area contributed by atoms with E-state index in [1.165, 1.54) is 29.7 Å². The lowest BCUT2D eigenvalue weighted by molar-refractivity contribution is -0.126. The van der Waals surface area contributed by atoms with Gasteiger partial charge < -0.3 is 10.2 Å². The zero-order chi connectivity index (χ0) is 22.9. The first-order valence-corrected chi connectivity index (χ1v) is 13.0. The number of aromatic amines is 1. The molecule has 6 nitrogen and oxygen atoms in total. The molecule has 1 saturated heterocycles. The Morgan fingerprint density at radius 1 is 1.15 bits per heavy atom. The minimum absolute atomic E-state index is 0.0712. The maximum Gasteiger partial charge on any atom is 0.270 e. The van der Waals surface area contributed by atoms with Crippen LogP contribution in [-0.2, 0) is 4.79 Å². The number of anilines is 1. The largest absolute Gasteiger partial charge is 0.353 e. The lowest BCUT2D eigenvalue weighted by Crippen LogP contribution is -2.47. The van der Waals surface area contributed by atoms with Gasteiger partial charge in [-0.15, -0.1) is 11.3 Å². The molecule has 33 heavy (non-hydrogen) atoms. The molecule has 1 amide bonds. The van der Waals surface area contributed by atoms with Gasteiger partial charge in [0.2, 0.25) is 11.9 Å². The summed E-state index contributed by atoms with van der Waals surface area (Å²) in [5.74, 6) is 1.42. The normalized spacial score (nSPS) is 23.6. The van der Waals surface area contributed by atoms with Crippen molar-refractivity contribution in [2.24, 2.45) is 11.8 Å². The van der Waals surface area contributed by atoms with E-state index in [1.807, 2.05) is 5.38 Å². The van der Waals surface area contributed by atoms with E-state index in [1.54, 1.807) is 0 Å². The van der Waals surface area contributed by atoms with Crippen LogP contribution in [-0.4, -0.2) is 35.0 Å². The van der Waals surface area contributed by atoms with Gasteiger partial charge in [-0.3, -0.25) is 14.6 Å². The van der Waals surface area contributed by atoms with Crippen LogP contribution in [0.3, 0.4) is 0 Å². The lowest BCUT2D eigenvalue weighted by Gasteiger charge is -2.34. The number of piperidine rings is 1. The fourth-order valence-corrected chi connectivity index (χ4v) is 6.02. The summed E-state index contributed by atoms with van der Waals surface area (Å²) in [6, 6.07) is 8.61. The maximum absolute atomic E-state index is 13.0. The number of carbonyl (C=O) groups is 1. The molecule has 1 aliphatic carbocycles. The van der Waals surface area contributed by atoms with E-state index < -0.39 is 0 Å². The fraction of sp³-hybridized carbons (Fsp3) is 0.500. The molecule has 174 valence electrons. The van der Waals surface area contributed by atoms with E-state index in [4.69, 9.17) is 4.98 Å². The number of fused-ring (bicyclic) bond motifs is 1. The third-order valence-electron chi connectivity index (χ3n) is 7.23. The topological polar surface area (TPSA) is 78.1 Å². The van der Waals surface area contributed by atoms with Crippen LogP contribution in [0.4, 0.5) is 5.95 Å². The first-order valence-electron chi connectivity index (χ1n) is 12.1. The van der Waals surface area contributed by atoms with Gasteiger partial charge in [0, 0.05) is 30.1 Å². The molecule has 1 atom stereocenters. The van der Waals surface area contributed by atoms with Crippen molar-refractivity contribution in [3.05, 3.63) is 45.6 Å². The number of H-pyrrole nitrogens is 1. The highest BCUT2D eigenvalue weighted by atomic mass is 32.1. The van der Waals surface area contributed by atoms with Gasteiger partial charge in [0.05, 0.1) is 11.4 Å². The van der Waals surface area contributed by atoms with E-state index in [0.717, 1.165) is 54.8 Å². The van der Waals surface area contributed by atoms with Gasteiger partial charge in [0.25, 0.3) is 5.56 Å². The Balaban J connectivity index is 1.36.